The minimum atomic E-state index is -0.434. The van der Waals surface area contributed by atoms with Crippen LogP contribution in [0.2, 0.25) is 0 Å². The Balaban J connectivity index is 1.50. The van der Waals surface area contributed by atoms with Crippen LogP contribution in [0, 0.1) is 5.92 Å². The molecule has 25 heavy (non-hydrogen) atoms. The van der Waals surface area contributed by atoms with Gasteiger partial charge in [0.25, 0.3) is 0 Å². The summed E-state index contributed by atoms with van der Waals surface area (Å²) in [7, 11) is 0. The van der Waals surface area contributed by atoms with Gasteiger partial charge in [-0.1, -0.05) is 36.8 Å². The molecular weight excluding hydrogens is 314 g/mol. The molecule has 1 aliphatic heterocycles. The molecule has 2 aliphatic rings. The second-order valence-corrected chi connectivity index (χ2v) is 7.46. The maximum absolute atomic E-state index is 12.7. The fourth-order valence-corrected chi connectivity index (χ4v) is 3.66. The zero-order chi connectivity index (χ0) is 17.8. The fraction of sp³-hybridized carbons (Fsp3) is 0.600. The van der Waals surface area contributed by atoms with Crippen LogP contribution in [0.5, 0.6) is 0 Å². The van der Waals surface area contributed by atoms with Crippen molar-refractivity contribution in [3.63, 3.8) is 0 Å². The summed E-state index contributed by atoms with van der Waals surface area (Å²) < 4.78 is 0. The molecule has 0 bridgehead atoms. The first kappa shape index (κ1) is 17.9. The van der Waals surface area contributed by atoms with E-state index in [-0.39, 0.29) is 23.8 Å². The van der Waals surface area contributed by atoms with Crippen molar-refractivity contribution in [3.05, 3.63) is 35.9 Å². The maximum Gasteiger partial charge on any atom is 0.245 e. The van der Waals surface area contributed by atoms with E-state index in [0.717, 1.165) is 45.4 Å². The molecule has 2 amide bonds. The van der Waals surface area contributed by atoms with Crippen LogP contribution in [-0.2, 0) is 16.1 Å². The highest BCUT2D eigenvalue weighted by Gasteiger charge is 2.32. The van der Waals surface area contributed by atoms with Crippen molar-refractivity contribution in [2.24, 2.45) is 5.92 Å². The van der Waals surface area contributed by atoms with Gasteiger partial charge in [-0.15, -0.1) is 0 Å². The number of hydrogen-bond donors (Lipinski definition) is 1. The summed E-state index contributed by atoms with van der Waals surface area (Å²) in [6.07, 6.45) is 3.05. The average Bonchev–Trinajstić information content (AvgIpc) is 2.53. The molecule has 2 fully saturated rings. The van der Waals surface area contributed by atoms with Crippen LogP contribution < -0.4 is 5.32 Å². The Hall–Kier alpha value is -1.88. The van der Waals surface area contributed by atoms with E-state index in [9.17, 15) is 9.59 Å². The lowest BCUT2D eigenvalue weighted by Crippen LogP contribution is -2.58. The van der Waals surface area contributed by atoms with E-state index >= 15 is 0 Å². The Morgan fingerprint density at radius 1 is 1.20 bits per heavy atom. The third-order valence-corrected chi connectivity index (χ3v) is 5.45. The van der Waals surface area contributed by atoms with Gasteiger partial charge in [-0.25, -0.2) is 0 Å². The minimum Gasteiger partial charge on any atom is -0.344 e. The molecule has 2 atom stereocenters. The first-order chi connectivity index (χ1) is 12.0. The Morgan fingerprint density at radius 3 is 2.52 bits per heavy atom. The van der Waals surface area contributed by atoms with Gasteiger partial charge < -0.3 is 10.2 Å². The van der Waals surface area contributed by atoms with Crippen LogP contribution in [-0.4, -0.2) is 53.3 Å². The number of hydrogen-bond acceptors (Lipinski definition) is 3. The molecule has 3 rings (SSSR count). The molecule has 1 saturated heterocycles. The molecule has 1 aromatic rings. The SMILES string of the molecule is C[C@@H](NC(=O)C1CCC1)C(=O)N1CCN(Cc2ccccc2)C[C@@H]1C. The zero-order valence-electron chi connectivity index (χ0n) is 15.3. The lowest BCUT2D eigenvalue weighted by atomic mass is 9.84. The number of nitrogens with zero attached hydrogens (tertiary/aromatic N) is 2. The van der Waals surface area contributed by atoms with Gasteiger partial charge in [0, 0.05) is 38.1 Å². The number of carbonyl (C=O) groups excluding carboxylic acids is 2. The molecule has 1 aliphatic carbocycles. The average molecular weight is 343 g/mol. The molecule has 1 aromatic carbocycles. The van der Waals surface area contributed by atoms with Gasteiger partial charge in [-0.05, 0) is 32.3 Å². The number of carbonyl (C=O) groups is 2. The van der Waals surface area contributed by atoms with E-state index in [2.05, 4.69) is 41.4 Å². The topological polar surface area (TPSA) is 52.7 Å². The highest BCUT2D eigenvalue weighted by Crippen LogP contribution is 2.26. The quantitative estimate of drug-likeness (QED) is 0.890. The van der Waals surface area contributed by atoms with Gasteiger partial charge in [-0.2, -0.15) is 0 Å². The van der Waals surface area contributed by atoms with Crippen LogP contribution in [0.4, 0.5) is 0 Å². The maximum atomic E-state index is 12.7. The van der Waals surface area contributed by atoms with Gasteiger partial charge in [0.15, 0.2) is 0 Å². The zero-order valence-corrected chi connectivity index (χ0v) is 15.3. The molecule has 5 nitrogen and oxygen atoms in total. The lowest BCUT2D eigenvalue weighted by Gasteiger charge is -2.41. The summed E-state index contributed by atoms with van der Waals surface area (Å²) in [5.74, 6) is 0.206. The largest absolute Gasteiger partial charge is 0.344 e. The van der Waals surface area contributed by atoms with Gasteiger partial charge in [0.05, 0.1) is 0 Å². The van der Waals surface area contributed by atoms with E-state index in [0.29, 0.717) is 0 Å². The third kappa shape index (κ3) is 4.40. The summed E-state index contributed by atoms with van der Waals surface area (Å²) in [5, 5.41) is 2.91. The third-order valence-electron chi connectivity index (χ3n) is 5.45. The van der Waals surface area contributed by atoms with E-state index in [1.165, 1.54) is 5.56 Å². The van der Waals surface area contributed by atoms with Crippen molar-refractivity contribution >= 4 is 11.8 Å². The van der Waals surface area contributed by atoms with Gasteiger partial charge in [-0.3, -0.25) is 14.5 Å². The number of piperazine rings is 1. The Morgan fingerprint density at radius 2 is 1.92 bits per heavy atom. The van der Waals surface area contributed by atoms with Gasteiger partial charge in [0.2, 0.25) is 11.8 Å². The predicted molar refractivity (Wildman–Crippen MR) is 97.8 cm³/mol. The van der Waals surface area contributed by atoms with Gasteiger partial charge in [0.1, 0.15) is 6.04 Å². The molecule has 1 N–H and O–H groups in total. The molecule has 0 spiro atoms. The van der Waals surface area contributed by atoms with E-state index in [4.69, 9.17) is 0 Å². The molecule has 5 heteroatoms. The number of rotatable bonds is 5. The van der Waals surface area contributed by atoms with Crippen molar-refractivity contribution in [1.29, 1.82) is 0 Å². The van der Waals surface area contributed by atoms with E-state index in [1.807, 2.05) is 17.9 Å². The lowest BCUT2D eigenvalue weighted by molar-refractivity contribution is -0.141. The standard InChI is InChI=1S/C20H29N3O2/c1-15-13-22(14-17-7-4-3-5-8-17)11-12-23(15)20(25)16(2)21-19(24)18-9-6-10-18/h3-5,7-8,15-16,18H,6,9-14H2,1-2H3,(H,21,24)/t15-,16+/m0/s1. The van der Waals surface area contributed by atoms with Crippen molar-refractivity contribution in [1.82, 2.24) is 15.1 Å². The number of benzene rings is 1. The van der Waals surface area contributed by atoms with Crippen LogP contribution in [0.25, 0.3) is 0 Å². The minimum absolute atomic E-state index is 0.0412. The van der Waals surface area contributed by atoms with Crippen molar-refractivity contribution in [2.75, 3.05) is 19.6 Å². The van der Waals surface area contributed by atoms with Crippen LogP contribution >= 0.6 is 0 Å². The highest BCUT2D eigenvalue weighted by atomic mass is 16.2. The van der Waals surface area contributed by atoms with Crippen molar-refractivity contribution < 1.29 is 9.59 Å². The summed E-state index contributed by atoms with van der Waals surface area (Å²) in [5.41, 5.74) is 1.30. The van der Waals surface area contributed by atoms with E-state index in [1.54, 1.807) is 0 Å². The summed E-state index contributed by atoms with van der Waals surface area (Å²) in [6.45, 7) is 7.27. The molecule has 0 unspecified atom stereocenters. The summed E-state index contributed by atoms with van der Waals surface area (Å²) >= 11 is 0. The molecule has 1 saturated carbocycles. The van der Waals surface area contributed by atoms with Crippen molar-refractivity contribution in [2.45, 2.75) is 51.7 Å². The Labute approximate surface area is 150 Å². The first-order valence-electron chi connectivity index (χ1n) is 9.41. The summed E-state index contributed by atoms with van der Waals surface area (Å²) in [6, 6.07) is 10.2. The second-order valence-electron chi connectivity index (χ2n) is 7.46. The van der Waals surface area contributed by atoms with Crippen LogP contribution in [0.15, 0.2) is 30.3 Å². The molecule has 0 aromatic heterocycles. The van der Waals surface area contributed by atoms with Crippen LogP contribution in [0.1, 0.15) is 38.7 Å². The monoisotopic (exact) mass is 343 g/mol. The number of amides is 2. The predicted octanol–water partition coefficient (Wildman–Crippen LogP) is 2.02. The Bertz CT molecular complexity index is 600. The first-order valence-corrected chi connectivity index (χ1v) is 9.41. The Kier molecular flexibility index (Phi) is 5.74. The second kappa shape index (κ2) is 8.00. The fourth-order valence-electron chi connectivity index (χ4n) is 3.66. The van der Waals surface area contributed by atoms with Crippen molar-refractivity contribution in [3.8, 4) is 0 Å². The molecular formula is C20H29N3O2. The van der Waals surface area contributed by atoms with E-state index < -0.39 is 6.04 Å². The molecule has 0 radical (unpaired) electrons. The highest BCUT2D eigenvalue weighted by molar-refractivity contribution is 5.88. The van der Waals surface area contributed by atoms with Crippen LogP contribution in [0.3, 0.4) is 0 Å². The van der Waals surface area contributed by atoms with Gasteiger partial charge >= 0.3 is 0 Å². The summed E-state index contributed by atoms with van der Waals surface area (Å²) in [4.78, 5) is 29.1. The smallest absolute Gasteiger partial charge is 0.245 e. The molecule has 1 heterocycles. The normalized spacial score (nSPS) is 23.0. The number of nitrogens with one attached hydrogen (secondary N) is 1. The molecule has 136 valence electrons.